The summed E-state index contributed by atoms with van der Waals surface area (Å²) in [5.41, 5.74) is 3.18. The lowest BCUT2D eigenvalue weighted by Gasteiger charge is -2.23. The number of hydrogen-bond donors (Lipinski definition) is 0. The van der Waals surface area contributed by atoms with Crippen LogP contribution in [0.1, 0.15) is 27.2 Å². The highest BCUT2D eigenvalue weighted by molar-refractivity contribution is 5.90. The Kier molecular flexibility index (Phi) is 5.04. The monoisotopic (exact) mass is 333 g/mol. The molecule has 2 aromatic heterocycles. The molecular weight excluding hydrogens is 314 g/mol. The molecule has 0 unspecified atom stereocenters. The second kappa shape index (κ2) is 7.57. The third-order valence-electron chi connectivity index (χ3n) is 4.05. The topological polar surface area (TPSA) is 60.1 Å². The van der Waals surface area contributed by atoms with E-state index in [4.69, 9.17) is 0 Å². The largest absolute Gasteiger partial charge is 0.618 e. The second-order valence-electron chi connectivity index (χ2n) is 5.86. The fourth-order valence-corrected chi connectivity index (χ4v) is 2.66. The predicted molar refractivity (Wildman–Crippen MR) is 94.4 cm³/mol. The van der Waals surface area contributed by atoms with Crippen molar-refractivity contribution in [3.05, 3.63) is 101 Å². The van der Waals surface area contributed by atoms with Gasteiger partial charge >= 0.3 is 5.91 Å². The summed E-state index contributed by atoms with van der Waals surface area (Å²) in [6.45, 7) is 2.82. The van der Waals surface area contributed by atoms with Gasteiger partial charge in [-0.25, -0.2) is 0 Å². The van der Waals surface area contributed by atoms with E-state index in [-0.39, 0.29) is 11.6 Å². The molecule has 0 spiro atoms. The van der Waals surface area contributed by atoms with Gasteiger partial charge in [0.25, 0.3) is 5.69 Å². The van der Waals surface area contributed by atoms with Crippen molar-refractivity contribution in [3.63, 3.8) is 0 Å². The Balaban J connectivity index is 1.92. The highest BCUT2D eigenvalue weighted by Gasteiger charge is 2.23. The fraction of sp³-hybridized carbons (Fsp3) is 0.150. The van der Waals surface area contributed by atoms with E-state index < -0.39 is 0 Å². The molecule has 0 radical (unpaired) electrons. The molecule has 0 aliphatic carbocycles. The smallest absolute Gasteiger partial charge is 0.320 e. The molecule has 5 heteroatoms. The Morgan fingerprint density at radius 3 is 2.60 bits per heavy atom. The number of hydrogen-bond acceptors (Lipinski definition) is 3. The van der Waals surface area contributed by atoms with Crippen molar-refractivity contribution < 1.29 is 9.52 Å². The Hall–Kier alpha value is -3.21. The lowest BCUT2D eigenvalue weighted by atomic mass is 10.1. The Morgan fingerprint density at radius 1 is 1.08 bits per heavy atom. The highest BCUT2D eigenvalue weighted by Crippen LogP contribution is 2.15. The van der Waals surface area contributed by atoms with E-state index in [1.54, 1.807) is 35.5 Å². The first-order valence-electron chi connectivity index (χ1n) is 8.06. The van der Waals surface area contributed by atoms with E-state index in [9.17, 15) is 10.0 Å². The molecule has 0 saturated heterocycles. The maximum Gasteiger partial charge on any atom is 0.320 e. The minimum atomic E-state index is -0.303. The third-order valence-corrected chi connectivity index (χ3v) is 4.05. The number of carbonyl (C=O) groups is 1. The number of benzene rings is 1. The zero-order valence-corrected chi connectivity index (χ0v) is 14.0. The number of rotatable bonds is 5. The van der Waals surface area contributed by atoms with E-state index in [1.165, 1.54) is 6.20 Å². The van der Waals surface area contributed by atoms with Gasteiger partial charge in [0.1, 0.15) is 0 Å². The SMILES string of the molecule is Cc1ccccc1CN(Cc1cccnc1)C(=O)c1cccc[n+]1[O-]. The number of aromatic nitrogens is 2. The zero-order valence-electron chi connectivity index (χ0n) is 14.0. The lowest BCUT2D eigenvalue weighted by Crippen LogP contribution is -2.41. The van der Waals surface area contributed by atoms with Gasteiger partial charge in [-0.2, -0.15) is 4.73 Å². The van der Waals surface area contributed by atoms with Gasteiger partial charge in [-0.05, 0) is 35.7 Å². The summed E-state index contributed by atoms with van der Waals surface area (Å²) in [5.74, 6) is -0.303. The molecule has 25 heavy (non-hydrogen) atoms. The normalized spacial score (nSPS) is 10.4. The van der Waals surface area contributed by atoms with Crippen molar-refractivity contribution >= 4 is 5.91 Å². The molecule has 5 nitrogen and oxygen atoms in total. The van der Waals surface area contributed by atoms with Crippen LogP contribution in [0.4, 0.5) is 0 Å². The van der Waals surface area contributed by atoms with E-state index in [2.05, 4.69) is 4.98 Å². The van der Waals surface area contributed by atoms with Crippen LogP contribution >= 0.6 is 0 Å². The van der Waals surface area contributed by atoms with Gasteiger partial charge in [0.15, 0.2) is 6.20 Å². The summed E-state index contributed by atoms with van der Waals surface area (Å²) in [6.07, 6.45) is 4.76. The van der Waals surface area contributed by atoms with Crippen molar-refractivity contribution in [1.29, 1.82) is 0 Å². The summed E-state index contributed by atoms with van der Waals surface area (Å²) in [5, 5.41) is 12.0. The molecule has 0 bridgehead atoms. The van der Waals surface area contributed by atoms with Gasteiger partial charge in [-0.1, -0.05) is 30.3 Å². The molecule has 0 atom stereocenters. The van der Waals surface area contributed by atoms with E-state index in [1.807, 2.05) is 43.3 Å². The van der Waals surface area contributed by atoms with Crippen LogP contribution in [-0.4, -0.2) is 15.8 Å². The molecule has 0 N–H and O–H groups in total. The van der Waals surface area contributed by atoms with Crippen molar-refractivity contribution in [2.45, 2.75) is 20.0 Å². The first-order chi connectivity index (χ1) is 12.1. The predicted octanol–water partition coefficient (Wildman–Crippen LogP) is 2.87. The summed E-state index contributed by atoms with van der Waals surface area (Å²) < 4.78 is 0.608. The number of aryl methyl sites for hydroxylation is 1. The molecule has 0 fully saturated rings. The number of amides is 1. The fourth-order valence-electron chi connectivity index (χ4n) is 2.66. The zero-order chi connectivity index (χ0) is 17.6. The molecule has 2 heterocycles. The van der Waals surface area contributed by atoms with Gasteiger partial charge in [-0.3, -0.25) is 9.78 Å². The standard InChI is InChI=1S/C20H19N3O2/c1-16-7-2-3-9-18(16)15-22(14-17-8-6-11-21-13-17)20(24)19-10-4-5-12-23(19)25/h2-13H,14-15H2,1H3. The van der Waals surface area contributed by atoms with Crippen LogP contribution in [0.3, 0.4) is 0 Å². The van der Waals surface area contributed by atoms with Crippen LogP contribution in [0, 0.1) is 12.1 Å². The molecule has 126 valence electrons. The minimum absolute atomic E-state index is 0.111. The van der Waals surface area contributed by atoms with Gasteiger partial charge in [0.05, 0.1) is 0 Å². The Labute approximate surface area is 146 Å². The summed E-state index contributed by atoms with van der Waals surface area (Å²) in [7, 11) is 0. The van der Waals surface area contributed by atoms with Crippen LogP contribution < -0.4 is 4.73 Å². The number of nitrogens with zero attached hydrogens (tertiary/aromatic N) is 3. The van der Waals surface area contributed by atoms with Crippen molar-refractivity contribution in [2.24, 2.45) is 0 Å². The van der Waals surface area contributed by atoms with Crippen LogP contribution in [0.2, 0.25) is 0 Å². The van der Waals surface area contributed by atoms with Gasteiger partial charge < -0.3 is 10.1 Å². The third kappa shape index (κ3) is 4.01. The molecule has 3 rings (SSSR count). The average Bonchev–Trinajstić information content (AvgIpc) is 2.64. The molecule has 0 saturated carbocycles. The van der Waals surface area contributed by atoms with E-state index >= 15 is 0 Å². The molecular formula is C20H19N3O2. The number of pyridine rings is 2. The quantitative estimate of drug-likeness (QED) is 0.533. The lowest BCUT2D eigenvalue weighted by molar-refractivity contribution is -0.608. The highest BCUT2D eigenvalue weighted by atomic mass is 16.5. The average molecular weight is 333 g/mol. The Bertz CT molecular complexity index is 866. The van der Waals surface area contributed by atoms with Crippen LogP contribution in [0.5, 0.6) is 0 Å². The van der Waals surface area contributed by atoms with Crippen molar-refractivity contribution in [2.75, 3.05) is 0 Å². The van der Waals surface area contributed by atoms with Gasteiger partial charge in [0.2, 0.25) is 0 Å². The van der Waals surface area contributed by atoms with Crippen molar-refractivity contribution in [1.82, 2.24) is 9.88 Å². The van der Waals surface area contributed by atoms with Gasteiger partial charge in [-0.15, -0.1) is 0 Å². The van der Waals surface area contributed by atoms with Crippen LogP contribution in [-0.2, 0) is 13.1 Å². The molecule has 3 aromatic rings. The van der Waals surface area contributed by atoms with Crippen LogP contribution in [0.25, 0.3) is 0 Å². The maximum atomic E-state index is 13.0. The molecule has 0 aliphatic heterocycles. The number of carbonyl (C=O) groups excluding carboxylic acids is 1. The maximum absolute atomic E-state index is 13.0. The second-order valence-corrected chi connectivity index (χ2v) is 5.86. The van der Waals surface area contributed by atoms with E-state index in [0.29, 0.717) is 17.8 Å². The van der Waals surface area contributed by atoms with Crippen LogP contribution in [0.15, 0.2) is 73.2 Å². The molecule has 1 amide bonds. The Morgan fingerprint density at radius 2 is 1.88 bits per heavy atom. The molecule has 0 aliphatic rings. The summed E-state index contributed by atoms with van der Waals surface area (Å²) >= 11 is 0. The summed E-state index contributed by atoms with van der Waals surface area (Å²) in [4.78, 5) is 18.7. The first kappa shape index (κ1) is 16.6. The minimum Gasteiger partial charge on any atom is -0.618 e. The first-order valence-corrected chi connectivity index (χ1v) is 8.06. The van der Waals surface area contributed by atoms with Crippen molar-refractivity contribution in [3.8, 4) is 0 Å². The van der Waals surface area contributed by atoms with E-state index in [0.717, 1.165) is 16.7 Å². The summed E-state index contributed by atoms with van der Waals surface area (Å²) in [6, 6.07) is 16.5. The molecule has 1 aromatic carbocycles. The van der Waals surface area contributed by atoms with Gasteiger partial charge in [0, 0.05) is 37.6 Å².